The minimum absolute atomic E-state index is 0.0259. The second kappa shape index (κ2) is 8.50. The van der Waals surface area contributed by atoms with Crippen LogP contribution in [0.5, 0.6) is 5.75 Å². The molecule has 162 valence electrons. The Morgan fingerprint density at radius 2 is 1.94 bits per heavy atom. The molecule has 1 aliphatic rings. The Labute approximate surface area is 196 Å². The standard InChI is InChI=1S/C22H17ClN4O3S2/c1-30-14-8-6-13(7-9-14)27-11-12(10-17(27)28)21-25-26-22(32-21)24-20(29)19-18(23)15-4-2-3-5-16(15)31-19/h2-9,12H,10-11H2,1H3,(H,24,26,29)/t12-/m0/s1. The monoisotopic (exact) mass is 484 g/mol. The molecule has 5 rings (SSSR count). The predicted octanol–water partition coefficient (Wildman–Crippen LogP) is 5.19. The number of benzene rings is 2. The van der Waals surface area contributed by atoms with E-state index in [9.17, 15) is 9.59 Å². The fourth-order valence-corrected chi connectivity index (χ4v) is 5.89. The number of hydrogen-bond donors (Lipinski definition) is 1. The van der Waals surface area contributed by atoms with Gasteiger partial charge in [-0.05, 0) is 30.3 Å². The summed E-state index contributed by atoms with van der Waals surface area (Å²) in [4.78, 5) is 27.5. The van der Waals surface area contributed by atoms with E-state index in [2.05, 4.69) is 15.5 Å². The van der Waals surface area contributed by atoms with E-state index >= 15 is 0 Å². The molecular weight excluding hydrogens is 468 g/mol. The smallest absolute Gasteiger partial charge is 0.269 e. The molecule has 2 aromatic carbocycles. The van der Waals surface area contributed by atoms with Gasteiger partial charge in [0.05, 0.1) is 12.1 Å². The summed E-state index contributed by atoms with van der Waals surface area (Å²) in [6, 6.07) is 15.0. The minimum atomic E-state index is -0.318. The van der Waals surface area contributed by atoms with Gasteiger partial charge in [0.1, 0.15) is 15.6 Å². The molecule has 7 nitrogen and oxygen atoms in total. The molecule has 4 aromatic rings. The molecule has 0 bridgehead atoms. The lowest BCUT2D eigenvalue weighted by Gasteiger charge is -2.16. The van der Waals surface area contributed by atoms with E-state index in [-0.39, 0.29) is 17.7 Å². The van der Waals surface area contributed by atoms with Crippen LogP contribution in [0.2, 0.25) is 5.02 Å². The highest BCUT2D eigenvalue weighted by Gasteiger charge is 2.34. The summed E-state index contributed by atoms with van der Waals surface area (Å²) in [5.74, 6) is 0.361. The van der Waals surface area contributed by atoms with Crippen LogP contribution < -0.4 is 15.0 Å². The van der Waals surface area contributed by atoms with Gasteiger partial charge in [-0.25, -0.2) is 0 Å². The number of methoxy groups -OCH3 is 1. The normalized spacial score (nSPS) is 16.0. The number of rotatable bonds is 5. The number of aromatic nitrogens is 2. The maximum atomic E-state index is 12.8. The summed E-state index contributed by atoms with van der Waals surface area (Å²) in [5.41, 5.74) is 0.816. The Balaban J connectivity index is 1.29. The van der Waals surface area contributed by atoms with Gasteiger partial charge in [-0.1, -0.05) is 41.1 Å². The molecule has 1 atom stereocenters. The second-order valence-corrected chi connectivity index (χ2v) is 9.68. The predicted molar refractivity (Wildman–Crippen MR) is 127 cm³/mol. The first-order valence-corrected chi connectivity index (χ1v) is 11.8. The molecule has 0 spiro atoms. The van der Waals surface area contributed by atoms with Crippen LogP contribution in [-0.2, 0) is 4.79 Å². The van der Waals surface area contributed by atoms with Crippen LogP contribution in [0, 0.1) is 0 Å². The fourth-order valence-electron chi connectivity index (χ4n) is 3.65. The van der Waals surface area contributed by atoms with Crippen molar-refractivity contribution in [2.24, 2.45) is 0 Å². The quantitative estimate of drug-likeness (QED) is 0.421. The van der Waals surface area contributed by atoms with Crippen molar-refractivity contribution >= 4 is 67.0 Å². The van der Waals surface area contributed by atoms with E-state index in [1.165, 1.54) is 22.7 Å². The maximum Gasteiger partial charge on any atom is 0.269 e. The molecule has 10 heteroatoms. The molecule has 2 amide bonds. The van der Waals surface area contributed by atoms with Gasteiger partial charge in [0.15, 0.2) is 0 Å². The van der Waals surface area contributed by atoms with E-state index < -0.39 is 0 Å². The number of amides is 2. The first-order chi connectivity index (χ1) is 15.5. The molecule has 1 fully saturated rings. The summed E-state index contributed by atoms with van der Waals surface area (Å²) in [6.45, 7) is 0.510. The fraction of sp³-hybridized carbons (Fsp3) is 0.182. The van der Waals surface area contributed by atoms with Gasteiger partial charge in [-0.3, -0.25) is 14.9 Å². The first-order valence-electron chi connectivity index (χ1n) is 9.79. The van der Waals surface area contributed by atoms with E-state index in [0.29, 0.717) is 33.0 Å². The van der Waals surface area contributed by atoms with Gasteiger partial charge < -0.3 is 9.64 Å². The number of nitrogens with one attached hydrogen (secondary N) is 1. The number of carbonyl (C=O) groups excluding carboxylic acids is 2. The molecule has 32 heavy (non-hydrogen) atoms. The SMILES string of the molecule is COc1ccc(N2C[C@@H](c3nnc(NC(=O)c4sc5ccccc5c4Cl)s3)CC2=O)cc1. The highest BCUT2D eigenvalue weighted by molar-refractivity contribution is 7.22. The number of fused-ring (bicyclic) bond motifs is 1. The molecular formula is C22H17ClN4O3S2. The number of nitrogens with zero attached hydrogens (tertiary/aromatic N) is 3. The van der Waals surface area contributed by atoms with Crippen molar-refractivity contribution in [1.82, 2.24) is 10.2 Å². The van der Waals surface area contributed by atoms with Crippen molar-refractivity contribution in [3.05, 3.63) is 63.4 Å². The van der Waals surface area contributed by atoms with E-state index in [0.717, 1.165) is 21.5 Å². The Hall–Kier alpha value is -3.01. The number of thiophene rings is 1. The second-order valence-electron chi connectivity index (χ2n) is 7.24. The molecule has 2 aromatic heterocycles. The molecule has 1 aliphatic heterocycles. The Bertz CT molecular complexity index is 1320. The number of carbonyl (C=O) groups is 2. The largest absolute Gasteiger partial charge is 0.497 e. The lowest BCUT2D eigenvalue weighted by Crippen LogP contribution is -2.24. The summed E-state index contributed by atoms with van der Waals surface area (Å²) in [6.07, 6.45) is 0.344. The van der Waals surface area contributed by atoms with Crippen molar-refractivity contribution < 1.29 is 14.3 Å². The van der Waals surface area contributed by atoms with Crippen LogP contribution in [0.1, 0.15) is 27.0 Å². The van der Waals surface area contributed by atoms with E-state index in [1.807, 2.05) is 48.5 Å². The number of halogens is 1. The van der Waals surface area contributed by atoms with Crippen molar-refractivity contribution in [2.45, 2.75) is 12.3 Å². The van der Waals surface area contributed by atoms with Crippen molar-refractivity contribution in [2.75, 3.05) is 23.9 Å². The van der Waals surface area contributed by atoms with Gasteiger partial charge in [0.25, 0.3) is 5.91 Å². The van der Waals surface area contributed by atoms with Gasteiger partial charge in [0, 0.05) is 34.7 Å². The molecule has 0 aliphatic carbocycles. The van der Waals surface area contributed by atoms with Crippen LogP contribution >= 0.6 is 34.3 Å². The summed E-state index contributed by atoms with van der Waals surface area (Å²) < 4.78 is 6.13. The van der Waals surface area contributed by atoms with Gasteiger partial charge in [0.2, 0.25) is 11.0 Å². The van der Waals surface area contributed by atoms with Crippen LogP contribution in [0.4, 0.5) is 10.8 Å². The van der Waals surface area contributed by atoms with E-state index in [1.54, 1.807) is 12.0 Å². The molecule has 1 saturated heterocycles. The highest BCUT2D eigenvalue weighted by Crippen LogP contribution is 2.37. The lowest BCUT2D eigenvalue weighted by atomic mass is 10.1. The zero-order valence-electron chi connectivity index (χ0n) is 16.9. The Kier molecular flexibility index (Phi) is 5.54. The zero-order chi connectivity index (χ0) is 22.2. The third kappa shape index (κ3) is 3.83. The highest BCUT2D eigenvalue weighted by atomic mass is 35.5. The van der Waals surface area contributed by atoms with Crippen LogP contribution in [0.3, 0.4) is 0 Å². The van der Waals surface area contributed by atoms with Gasteiger partial charge in [-0.2, -0.15) is 0 Å². The average Bonchev–Trinajstić information content (AvgIpc) is 3.51. The van der Waals surface area contributed by atoms with E-state index in [4.69, 9.17) is 16.3 Å². The Morgan fingerprint density at radius 3 is 2.69 bits per heavy atom. The van der Waals surface area contributed by atoms with Gasteiger partial charge in [-0.15, -0.1) is 21.5 Å². The average molecular weight is 485 g/mol. The number of ether oxygens (including phenoxy) is 1. The van der Waals surface area contributed by atoms with Crippen LogP contribution in [0.25, 0.3) is 10.1 Å². The van der Waals surface area contributed by atoms with Gasteiger partial charge >= 0.3 is 0 Å². The molecule has 1 N–H and O–H groups in total. The summed E-state index contributed by atoms with van der Waals surface area (Å²) in [5, 5.41) is 13.5. The first kappa shape index (κ1) is 20.9. The maximum absolute atomic E-state index is 12.8. The summed E-state index contributed by atoms with van der Waals surface area (Å²) >= 11 is 9.02. The van der Waals surface area contributed by atoms with Crippen molar-refractivity contribution in [3.8, 4) is 5.75 Å². The van der Waals surface area contributed by atoms with Crippen LogP contribution in [-0.4, -0.2) is 35.7 Å². The molecule has 0 radical (unpaired) electrons. The molecule has 3 heterocycles. The number of anilines is 2. The molecule has 0 saturated carbocycles. The summed E-state index contributed by atoms with van der Waals surface area (Å²) in [7, 11) is 1.60. The third-order valence-electron chi connectivity index (χ3n) is 5.26. The topological polar surface area (TPSA) is 84.4 Å². The minimum Gasteiger partial charge on any atom is -0.497 e. The lowest BCUT2D eigenvalue weighted by molar-refractivity contribution is -0.117. The zero-order valence-corrected chi connectivity index (χ0v) is 19.3. The van der Waals surface area contributed by atoms with Crippen LogP contribution in [0.15, 0.2) is 48.5 Å². The Morgan fingerprint density at radius 1 is 1.16 bits per heavy atom. The third-order valence-corrected chi connectivity index (χ3v) is 7.94. The number of hydrogen-bond acceptors (Lipinski definition) is 7. The molecule has 0 unspecified atom stereocenters. The van der Waals surface area contributed by atoms with Crippen molar-refractivity contribution in [1.29, 1.82) is 0 Å². The van der Waals surface area contributed by atoms with Crippen molar-refractivity contribution in [3.63, 3.8) is 0 Å².